The molecule has 52 heavy (non-hydrogen) atoms. The Balaban J connectivity index is 3.18. The summed E-state index contributed by atoms with van der Waals surface area (Å²) in [6.07, 6.45) is 40.4. The summed E-state index contributed by atoms with van der Waals surface area (Å²) >= 11 is -4.32. The van der Waals surface area contributed by atoms with Crippen molar-refractivity contribution in [3.05, 3.63) is 28.3 Å². The second kappa shape index (κ2) is 32.8. The molecule has 7 heteroatoms. The van der Waals surface area contributed by atoms with Gasteiger partial charge in [-0.15, -0.1) is 0 Å². The predicted octanol–water partition coefficient (Wildman–Crippen LogP) is 14.7. The van der Waals surface area contributed by atoms with Crippen molar-refractivity contribution in [2.45, 2.75) is 257 Å². The van der Waals surface area contributed by atoms with Crippen molar-refractivity contribution >= 4 is 10.1 Å². The molecule has 0 bridgehead atoms. The molecule has 1 rings (SSSR count). The summed E-state index contributed by atoms with van der Waals surface area (Å²) in [5.41, 5.74) is 4.53. The summed E-state index contributed by atoms with van der Waals surface area (Å²) < 4.78 is 53.7. The maximum absolute atomic E-state index is 13.6. The van der Waals surface area contributed by atoms with Gasteiger partial charge in [0.2, 0.25) is 0 Å². The molecule has 0 aliphatic rings. The molecule has 0 fully saturated rings. The molecule has 1 aromatic rings. The van der Waals surface area contributed by atoms with Crippen molar-refractivity contribution in [2.75, 3.05) is 0 Å². The van der Waals surface area contributed by atoms with Gasteiger partial charge in [-0.05, 0) is 0 Å². The van der Waals surface area contributed by atoms with Gasteiger partial charge < -0.3 is 0 Å². The van der Waals surface area contributed by atoms with Crippen LogP contribution in [-0.4, -0.2) is 12.1 Å². The fraction of sp³-hybridized carbons (Fsp3) is 0.867. The Labute approximate surface area is 330 Å². The fourth-order valence-corrected chi connectivity index (χ4v) is 10.3. The molecule has 1 aromatic carbocycles. The zero-order chi connectivity index (χ0) is 38.3. The van der Waals surface area contributed by atoms with E-state index in [1.165, 1.54) is 172 Å². The SMILES string of the molecule is CCCCCCCCCCCCc1c(C(C)C)cc(S(=O)(=O)[O][Ti](=[O])[OH])c(CCCCCCCCCCCC)c1CCCCCCCCCCCC. The fourth-order valence-electron chi connectivity index (χ4n) is 7.94. The number of rotatable bonds is 37. The van der Waals surface area contributed by atoms with E-state index < -0.39 is 28.7 Å². The first-order valence-corrected chi connectivity index (χ1v) is 25.9. The zero-order valence-electron chi connectivity index (χ0n) is 35.0. The monoisotopic (exact) mass is 785 g/mol. The van der Waals surface area contributed by atoms with Crippen LogP contribution in [0.4, 0.5) is 0 Å². The van der Waals surface area contributed by atoms with E-state index in [9.17, 15) is 15.4 Å². The molecule has 0 unspecified atom stereocenters. The molecule has 0 aromatic heterocycles. The molecule has 0 aliphatic carbocycles. The number of unbranched alkanes of at least 4 members (excludes halogenated alkanes) is 27. The Morgan fingerprint density at radius 2 is 0.788 bits per heavy atom. The number of benzene rings is 1. The van der Waals surface area contributed by atoms with Gasteiger partial charge >= 0.3 is 235 Å². The molecule has 0 amide bonds. The summed E-state index contributed by atoms with van der Waals surface area (Å²) in [5, 5.41) is 0. The van der Waals surface area contributed by atoms with Gasteiger partial charge in [0.1, 0.15) is 0 Å². The first-order valence-electron chi connectivity index (χ1n) is 22.5. The summed E-state index contributed by atoms with van der Waals surface area (Å²) in [5.74, 6) is 0.154. The van der Waals surface area contributed by atoms with E-state index in [4.69, 9.17) is 2.76 Å². The van der Waals surface area contributed by atoms with E-state index in [2.05, 4.69) is 34.6 Å². The predicted molar refractivity (Wildman–Crippen MR) is 218 cm³/mol. The van der Waals surface area contributed by atoms with Gasteiger partial charge in [0.05, 0.1) is 0 Å². The van der Waals surface area contributed by atoms with Crippen molar-refractivity contribution < 1.29 is 36.8 Å². The van der Waals surface area contributed by atoms with Crippen LogP contribution in [0.15, 0.2) is 11.0 Å². The van der Waals surface area contributed by atoms with Gasteiger partial charge in [-0.1, -0.05) is 97.8 Å². The Morgan fingerprint density at radius 3 is 1.10 bits per heavy atom. The molecular weight excluding hydrogens is 700 g/mol. The molecule has 0 heterocycles. The molecule has 1 N–H and O–H groups in total. The smallest absolute Gasteiger partial charge is 0.0654 e. The van der Waals surface area contributed by atoms with Gasteiger partial charge in [0, 0.05) is 0 Å². The second-order valence-corrected chi connectivity index (χ2v) is 19.3. The van der Waals surface area contributed by atoms with Crippen molar-refractivity contribution in [3.63, 3.8) is 0 Å². The van der Waals surface area contributed by atoms with Crippen molar-refractivity contribution in [1.29, 1.82) is 0 Å². The summed E-state index contributed by atoms with van der Waals surface area (Å²) in [6.45, 7) is 11.1. The number of hydrogen-bond donors (Lipinski definition) is 1. The van der Waals surface area contributed by atoms with Gasteiger partial charge in [-0.3, -0.25) is 0 Å². The minimum absolute atomic E-state index is 0.154. The first kappa shape index (κ1) is 49.6. The summed E-state index contributed by atoms with van der Waals surface area (Å²) in [6, 6.07) is 1.83. The van der Waals surface area contributed by atoms with Gasteiger partial charge in [0.15, 0.2) is 0 Å². The van der Waals surface area contributed by atoms with Crippen LogP contribution in [0.25, 0.3) is 0 Å². The third-order valence-corrected chi connectivity index (χ3v) is 14.0. The van der Waals surface area contributed by atoms with Crippen LogP contribution in [0.3, 0.4) is 0 Å². The van der Waals surface area contributed by atoms with E-state index in [1.807, 2.05) is 6.07 Å². The van der Waals surface area contributed by atoms with Crippen LogP contribution in [0.1, 0.15) is 255 Å². The van der Waals surface area contributed by atoms with Crippen LogP contribution >= 0.6 is 0 Å². The zero-order valence-corrected chi connectivity index (χ0v) is 37.4. The van der Waals surface area contributed by atoms with Gasteiger partial charge in [-0.2, -0.15) is 0 Å². The minimum atomic E-state index is -4.33. The summed E-state index contributed by atoms with van der Waals surface area (Å²) in [7, 11) is -4.33. The third-order valence-electron chi connectivity index (χ3n) is 11.1. The molecule has 0 atom stereocenters. The van der Waals surface area contributed by atoms with E-state index in [0.29, 0.717) is 6.42 Å². The van der Waals surface area contributed by atoms with E-state index >= 15 is 0 Å². The molecule has 5 nitrogen and oxygen atoms in total. The standard InChI is InChI=1S/C45H84O3S.H2O.O.Ti/c1-6-9-12-15-18-21-24-27-30-33-36-41-42(37-34-31-28-25-22-19-16-13-10-7-2)44(40(4)5)39-45(49(46,47)48)43(41)38-35-32-29-26-23-20-17-14-11-8-3;;;/h39-40H,6-38H2,1-5H3,(H,46,47,48);1H2;;/q;;;+2/p-2. The van der Waals surface area contributed by atoms with E-state index in [-0.39, 0.29) is 10.8 Å². The van der Waals surface area contributed by atoms with Crippen LogP contribution in [0.5, 0.6) is 0 Å². The van der Waals surface area contributed by atoms with Gasteiger partial charge in [-0.25, -0.2) is 0 Å². The second-order valence-electron chi connectivity index (χ2n) is 16.2. The maximum atomic E-state index is 13.6. The number of hydrogen-bond acceptors (Lipinski definition) is 4. The van der Waals surface area contributed by atoms with Crippen molar-refractivity contribution in [1.82, 2.24) is 0 Å². The van der Waals surface area contributed by atoms with Gasteiger partial charge in [0.25, 0.3) is 0 Å². The molecular formula is C45H84O5STi. The first-order chi connectivity index (χ1) is 25.2. The Hall–Kier alpha value is -0.396. The quantitative estimate of drug-likeness (QED) is 0.0537. The molecule has 0 aliphatic heterocycles. The molecule has 304 valence electrons. The minimum Gasteiger partial charge on any atom is -0.0654 e. The van der Waals surface area contributed by atoms with Crippen LogP contribution < -0.4 is 0 Å². The van der Waals surface area contributed by atoms with Crippen LogP contribution in [0, 0.1) is 0 Å². The third kappa shape index (κ3) is 23.5. The average molecular weight is 785 g/mol. The van der Waals surface area contributed by atoms with Crippen molar-refractivity contribution in [3.8, 4) is 0 Å². The van der Waals surface area contributed by atoms with Crippen LogP contribution in [-0.2, 0) is 54.1 Å². The Bertz CT molecular complexity index is 1130. The van der Waals surface area contributed by atoms with Crippen molar-refractivity contribution in [2.24, 2.45) is 0 Å². The van der Waals surface area contributed by atoms with E-state index in [0.717, 1.165) is 56.1 Å². The Kier molecular flexibility index (Phi) is 31.3. The average Bonchev–Trinajstić information content (AvgIpc) is 3.10. The Morgan fingerprint density at radius 1 is 0.500 bits per heavy atom. The van der Waals surface area contributed by atoms with E-state index in [1.54, 1.807) is 0 Å². The molecule has 0 saturated carbocycles. The molecule has 0 saturated heterocycles. The normalized spacial score (nSPS) is 12.0. The molecule has 0 spiro atoms. The topological polar surface area (TPSA) is 80.7 Å². The molecule has 0 radical (unpaired) electrons. The summed E-state index contributed by atoms with van der Waals surface area (Å²) in [4.78, 5) is 0.163. The van der Waals surface area contributed by atoms with Crippen LogP contribution in [0.2, 0.25) is 0 Å².